The molecule has 2 N–H and O–H groups in total. The van der Waals surface area contributed by atoms with E-state index in [2.05, 4.69) is 5.32 Å². The first kappa shape index (κ1) is 23.5. The minimum absolute atomic E-state index is 0.0550. The predicted octanol–water partition coefficient (Wildman–Crippen LogP) is 4.25. The number of ether oxygens (including phenoxy) is 2. The van der Waals surface area contributed by atoms with Crippen molar-refractivity contribution >= 4 is 22.7 Å². The molecule has 1 aromatic heterocycles. The number of unbranched alkanes of at least 4 members (excludes halogenated alkanes) is 1. The van der Waals surface area contributed by atoms with Crippen LogP contribution in [0.2, 0.25) is 0 Å². The molecule has 0 spiro atoms. The topological polar surface area (TPSA) is 89.8 Å². The predicted molar refractivity (Wildman–Crippen MR) is 126 cm³/mol. The van der Waals surface area contributed by atoms with Gasteiger partial charge in [-0.1, -0.05) is 37.5 Å². The van der Waals surface area contributed by atoms with Gasteiger partial charge in [0.1, 0.15) is 0 Å². The number of fused-ring (bicyclic) bond motifs is 1. The summed E-state index contributed by atoms with van der Waals surface area (Å²) in [7, 11) is 0. The summed E-state index contributed by atoms with van der Waals surface area (Å²) < 4.78 is 13.6. The maximum atomic E-state index is 13.1. The molecule has 2 aliphatic rings. The second-order valence-corrected chi connectivity index (χ2v) is 9.02. The molecular weight excluding hydrogens is 420 g/mol. The summed E-state index contributed by atoms with van der Waals surface area (Å²) >= 11 is 0. The summed E-state index contributed by atoms with van der Waals surface area (Å²) in [5.74, 6) is -0.103. The normalized spacial score (nSPS) is 21.5. The smallest absolute Gasteiger partial charge is 0.286 e. The maximum absolute atomic E-state index is 13.1. The van der Waals surface area contributed by atoms with E-state index in [1.54, 1.807) is 11.5 Å². The standard InChI is InChI=1S/C26H34N2O5/c1-18(30)28-17-22(21-11-5-6-12-23(21)28)19-15-24(26(31)27-20-9-3-2-4-10-20)33-25(16-19)32-14-8-7-13-29/h5-6,11-12,15,17,19-20,25,29H,2-4,7-10,13-14,16H2,1H3,(H,27,31)/t19-,25+/m0/s1. The Morgan fingerprint density at radius 3 is 2.73 bits per heavy atom. The number of aliphatic hydroxyl groups excluding tert-OH is 1. The highest BCUT2D eigenvalue weighted by Gasteiger charge is 2.31. The molecule has 7 heteroatoms. The van der Waals surface area contributed by atoms with E-state index in [0.29, 0.717) is 19.4 Å². The van der Waals surface area contributed by atoms with Crippen LogP contribution >= 0.6 is 0 Å². The summed E-state index contributed by atoms with van der Waals surface area (Å²) in [5.41, 5.74) is 1.84. The van der Waals surface area contributed by atoms with Crippen molar-refractivity contribution in [2.75, 3.05) is 13.2 Å². The van der Waals surface area contributed by atoms with E-state index >= 15 is 0 Å². The lowest BCUT2D eigenvalue weighted by Crippen LogP contribution is -2.39. The van der Waals surface area contributed by atoms with E-state index in [4.69, 9.17) is 14.6 Å². The minimum Gasteiger partial charge on any atom is -0.459 e. The lowest BCUT2D eigenvalue weighted by Gasteiger charge is -2.30. The number of carbonyl (C=O) groups excluding carboxylic acids is 2. The highest BCUT2D eigenvalue weighted by atomic mass is 16.7. The van der Waals surface area contributed by atoms with Crippen LogP contribution < -0.4 is 5.32 Å². The number of aromatic nitrogens is 1. The van der Waals surface area contributed by atoms with Crippen LogP contribution in [-0.2, 0) is 14.3 Å². The van der Waals surface area contributed by atoms with Crippen LogP contribution in [0.3, 0.4) is 0 Å². The molecule has 1 fully saturated rings. The van der Waals surface area contributed by atoms with Gasteiger partial charge in [0.25, 0.3) is 5.91 Å². The van der Waals surface area contributed by atoms with E-state index in [0.717, 1.165) is 48.6 Å². The number of aliphatic hydroxyl groups is 1. The van der Waals surface area contributed by atoms with Gasteiger partial charge in [0, 0.05) is 43.5 Å². The Kier molecular flexibility index (Phi) is 7.83. The second-order valence-electron chi connectivity index (χ2n) is 9.02. The number of nitrogens with one attached hydrogen (secondary N) is 1. The molecule has 1 saturated carbocycles. The summed E-state index contributed by atoms with van der Waals surface area (Å²) in [4.78, 5) is 25.3. The van der Waals surface area contributed by atoms with Gasteiger partial charge in [-0.05, 0) is 43.4 Å². The third kappa shape index (κ3) is 5.65. The first-order valence-electron chi connectivity index (χ1n) is 12.1. The van der Waals surface area contributed by atoms with Crippen LogP contribution in [0, 0.1) is 0 Å². The van der Waals surface area contributed by atoms with E-state index < -0.39 is 6.29 Å². The molecule has 2 aromatic rings. The van der Waals surface area contributed by atoms with Gasteiger partial charge < -0.3 is 19.9 Å². The SMILES string of the molecule is CC(=O)n1cc([C@H]2C=C(C(=O)NC3CCCCC3)O[C@@H](OCCCCO)C2)c2ccccc21. The van der Waals surface area contributed by atoms with Crippen molar-refractivity contribution in [2.45, 2.75) is 76.5 Å². The van der Waals surface area contributed by atoms with Crippen LogP contribution in [0.1, 0.15) is 74.6 Å². The van der Waals surface area contributed by atoms with Crippen LogP contribution in [-0.4, -0.2) is 47.0 Å². The lowest BCUT2D eigenvalue weighted by atomic mass is 9.92. The number of carbonyl (C=O) groups is 2. The van der Waals surface area contributed by atoms with Gasteiger partial charge in [-0.15, -0.1) is 0 Å². The zero-order valence-corrected chi connectivity index (χ0v) is 19.3. The summed E-state index contributed by atoms with van der Waals surface area (Å²) in [6, 6.07) is 8.00. The first-order valence-corrected chi connectivity index (χ1v) is 12.1. The van der Waals surface area contributed by atoms with Crippen molar-refractivity contribution in [1.82, 2.24) is 9.88 Å². The van der Waals surface area contributed by atoms with Crippen molar-refractivity contribution in [1.29, 1.82) is 0 Å². The van der Waals surface area contributed by atoms with Gasteiger partial charge in [-0.3, -0.25) is 14.2 Å². The van der Waals surface area contributed by atoms with Gasteiger partial charge in [0.2, 0.25) is 12.2 Å². The lowest BCUT2D eigenvalue weighted by molar-refractivity contribution is -0.147. The number of amides is 1. The molecule has 1 aromatic carbocycles. The zero-order valence-electron chi connectivity index (χ0n) is 19.3. The van der Waals surface area contributed by atoms with Gasteiger partial charge in [0.15, 0.2) is 5.76 Å². The number of hydrogen-bond donors (Lipinski definition) is 2. The Hall–Kier alpha value is -2.64. The third-order valence-corrected chi connectivity index (χ3v) is 6.56. The maximum Gasteiger partial charge on any atom is 0.286 e. The Bertz CT molecular complexity index is 1010. The largest absolute Gasteiger partial charge is 0.459 e. The monoisotopic (exact) mass is 454 g/mol. The van der Waals surface area contributed by atoms with Crippen LogP contribution in [0.5, 0.6) is 0 Å². The molecule has 1 aliphatic carbocycles. The number of benzene rings is 1. The number of rotatable bonds is 8. The molecule has 1 aliphatic heterocycles. The van der Waals surface area contributed by atoms with E-state index in [9.17, 15) is 9.59 Å². The highest BCUT2D eigenvalue weighted by Crippen LogP contribution is 2.36. The van der Waals surface area contributed by atoms with Crippen molar-refractivity contribution in [3.8, 4) is 0 Å². The minimum atomic E-state index is -0.565. The van der Waals surface area contributed by atoms with E-state index in [1.165, 1.54) is 6.42 Å². The number of allylic oxidation sites excluding steroid dienone is 1. The fourth-order valence-corrected chi connectivity index (χ4v) is 4.83. The van der Waals surface area contributed by atoms with Crippen molar-refractivity contribution < 1.29 is 24.2 Å². The molecule has 33 heavy (non-hydrogen) atoms. The summed E-state index contributed by atoms with van der Waals surface area (Å²) in [5, 5.41) is 13.2. The van der Waals surface area contributed by atoms with Crippen molar-refractivity contribution in [2.24, 2.45) is 0 Å². The molecule has 0 unspecified atom stereocenters. The zero-order chi connectivity index (χ0) is 23.2. The summed E-state index contributed by atoms with van der Waals surface area (Å²) in [6.07, 6.45) is 10.6. The second kappa shape index (κ2) is 11.0. The summed E-state index contributed by atoms with van der Waals surface area (Å²) in [6.45, 7) is 2.12. The van der Waals surface area contributed by atoms with Gasteiger partial charge in [-0.25, -0.2) is 0 Å². The number of para-hydroxylation sites is 1. The highest BCUT2D eigenvalue weighted by molar-refractivity contribution is 5.95. The van der Waals surface area contributed by atoms with Crippen LogP contribution in [0.25, 0.3) is 10.9 Å². The number of nitrogens with zero attached hydrogens (tertiary/aromatic N) is 1. The average Bonchev–Trinajstić information content (AvgIpc) is 3.22. The average molecular weight is 455 g/mol. The quantitative estimate of drug-likeness (QED) is 0.582. The van der Waals surface area contributed by atoms with E-state index in [-0.39, 0.29) is 36.1 Å². The van der Waals surface area contributed by atoms with Crippen molar-refractivity contribution in [3.63, 3.8) is 0 Å². The molecular formula is C26H34N2O5. The number of hydrogen-bond acceptors (Lipinski definition) is 5. The Morgan fingerprint density at radius 2 is 1.97 bits per heavy atom. The molecule has 2 atom stereocenters. The molecule has 7 nitrogen and oxygen atoms in total. The fourth-order valence-electron chi connectivity index (χ4n) is 4.83. The molecule has 4 rings (SSSR count). The Balaban J connectivity index is 1.60. The van der Waals surface area contributed by atoms with Gasteiger partial charge in [0.05, 0.1) is 12.1 Å². The molecule has 0 saturated heterocycles. The molecule has 178 valence electrons. The van der Waals surface area contributed by atoms with E-state index in [1.807, 2.05) is 36.5 Å². The third-order valence-electron chi connectivity index (χ3n) is 6.56. The van der Waals surface area contributed by atoms with Gasteiger partial charge >= 0.3 is 0 Å². The molecule has 0 bridgehead atoms. The fraction of sp³-hybridized carbons (Fsp3) is 0.538. The molecule has 1 amide bonds. The van der Waals surface area contributed by atoms with Crippen LogP contribution in [0.4, 0.5) is 0 Å². The Labute approximate surface area is 194 Å². The van der Waals surface area contributed by atoms with Crippen molar-refractivity contribution in [3.05, 3.63) is 47.9 Å². The molecule has 0 radical (unpaired) electrons. The van der Waals surface area contributed by atoms with Crippen LogP contribution in [0.15, 0.2) is 42.3 Å². The first-order chi connectivity index (χ1) is 16.1. The van der Waals surface area contributed by atoms with Gasteiger partial charge in [-0.2, -0.15) is 0 Å². The molecule has 2 heterocycles. The Morgan fingerprint density at radius 1 is 1.18 bits per heavy atom.